The Balaban J connectivity index is 1.98. The Bertz CT molecular complexity index is 422. The van der Waals surface area contributed by atoms with Gasteiger partial charge in [-0.05, 0) is 36.6 Å². The van der Waals surface area contributed by atoms with E-state index < -0.39 is 0 Å². The van der Waals surface area contributed by atoms with Gasteiger partial charge < -0.3 is 10.1 Å². The van der Waals surface area contributed by atoms with Crippen molar-refractivity contribution in [2.75, 3.05) is 13.2 Å². The lowest BCUT2D eigenvalue weighted by Gasteiger charge is -2.23. The minimum absolute atomic E-state index is 0.304. The molecule has 0 spiro atoms. The summed E-state index contributed by atoms with van der Waals surface area (Å²) in [5.74, 6) is -0.305. The Morgan fingerprint density at radius 2 is 2.41 bits per heavy atom. The highest BCUT2D eigenvalue weighted by Crippen LogP contribution is 2.12. The number of nitriles is 1. The van der Waals surface area contributed by atoms with Gasteiger partial charge in [0.2, 0.25) is 0 Å². The van der Waals surface area contributed by atoms with Crippen molar-refractivity contribution < 1.29 is 9.13 Å². The molecule has 4 heteroatoms. The van der Waals surface area contributed by atoms with Crippen molar-refractivity contribution in [3.8, 4) is 6.07 Å². The van der Waals surface area contributed by atoms with Crippen LogP contribution in [0, 0.1) is 17.1 Å². The van der Waals surface area contributed by atoms with Gasteiger partial charge in [0.25, 0.3) is 0 Å². The van der Waals surface area contributed by atoms with E-state index in [-0.39, 0.29) is 5.82 Å². The van der Waals surface area contributed by atoms with Crippen molar-refractivity contribution in [1.82, 2.24) is 5.32 Å². The van der Waals surface area contributed by atoms with E-state index >= 15 is 0 Å². The Morgan fingerprint density at radius 3 is 3.12 bits per heavy atom. The van der Waals surface area contributed by atoms with E-state index in [9.17, 15) is 4.39 Å². The van der Waals surface area contributed by atoms with Gasteiger partial charge in [0, 0.05) is 19.2 Å². The number of benzene rings is 1. The number of hydrogen-bond donors (Lipinski definition) is 1. The molecule has 1 unspecified atom stereocenters. The van der Waals surface area contributed by atoms with E-state index in [1.54, 1.807) is 0 Å². The summed E-state index contributed by atoms with van der Waals surface area (Å²) in [6, 6.07) is 6.62. The Kier molecular flexibility index (Phi) is 4.08. The Morgan fingerprint density at radius 1 is 1.53 bits per heavy atom. The van der Waals surface area contributed by atoms with Crippen molar-refractivity contribution in [1.29, 1.82) is 5.26 Å². The lowest BCUT2D eigenvalue weighted by molar-refractivity contribution is 0.0699. The van der Waals surface area contributed by atoms with Crippen molar-refractivity contribution in [2.45, 2.75) is 25.4 Å². The monoisotopic (exact) mass is 234 g/mol. The molecular weight excluding hydrogens is 219 g/mol. The van der Waals surface area contributed by atoms with Crippen LogP contribution >= 0.6 is 0 Å². The molecular formula is C13H15FN2O. The lowest BCUT2D eigenvalue weighted by atomic mass is 10.1. The van der Waals surface area contributed by atoms with Crippen LogP contribution in [0.4, 0.5) is 4.39 Å². The predicted molar refractivity (Wildman–Crippen MR) is 61.8 cm³/mol. The van der Waals surface area contributed by atoms with Crippen LogP contribution in [0.3, 0.4) is 0 Å². The Hall–Kier alpha value is -1.44. The largest absolute Gasteiger partial charge is 0.380 e. The molecule has 0 radical (unpaired) electrons. The first-order chi connectivity index (χ1) is 8.29. The van der Waals surface area contributed by atoms with Crippen LogP contribution in [0.25, 0.3) is 0 Å². The van der Waals surface area contributed by atoms with Crippen LogP contribution in [0.15, 0.2) is 18.2 Å². The van der Waals surface area contributed by atoms with Gasteiger partial charge in [-0.15, -0.1) is 0 Å². The summed E-state index contributed by atoms with van der Waals surface area (Å²) in [6.45, 7) is 2.02. The molecule has 1 saturated heterocycles. The number of nitrogens with one attached hydrogen (secondary N) is 1. The van der Waals surface area contributed by atoms with Gasteiger partial charge in [0.05, 0.1) is 18.2 Å². The molecule has 1 atom stereocenters. The third-order valence-electron chi connectivity index (χ3n) is 2.93. The van der Waals surface area contributed by atoms with Crippen LogP contribution in [0.2, 0.25) is 0 Å². The fraction of sp³-hybridized carbons (Fsp3) is 0.462. The van der Waals surface area contributed by atoms with Gasteiger partial charge in [-0.3, -0.25) is 0 Å². The molecule has 1 aliphatic heterocycles. The smallest absolute Gasteiger partial charge is 0.123 e. The summed E-state index contributed by atoms with van der Waals surface area (Å²) in [7, 11) is 0. The molecule has 0 aromatic heterocycles. The molecule has 0 saturated carbocycles. The molecule has 90 valence electrons. The molecule has 0 bridgehead atoms. The standard InChI is InChI=1S/C13H15FN2O/c14-12-4-3-10(7-15)11(6-12)8-16-13-2-1-5-17-9-13/h3-4,6,13,16H,1-2,5,8-9H2. The van der Waals surface area contributed by atoms with E-state index in [0.29, 0.717) is 30.3 Å². The van der Waals surface area contributed by atoms with Gasteiger partial charge in [-0.25, -0.2) is 4.39 Å². The van der Waals surface area contributed by atoms with Gasteiger partial charge >= 0.3 is 0 Å². The van der Waals surface area contributed by atoms with Gasteiger partial charge in [-0.2, -0.15) is 5.26 Å². The molecule has 3 nitrogen and oxygen atoms in total. The molecule has 1 fully saturated rings. The van der Waals surface area contributed by atoms with Crippen LogP contribution in [0.1, 0.15) is 24.0 Å². The summed E-state index contributed by atoms with van der Waals surface area (Å²) >= 11 is 0. The Labute approximate surface area is 100 Å². The second kappa shape index (κ2) is 5.76. The van der Waals surface area contributed by atoms with Gasteiger partial charge in [0.15, 0.2) is 0 Å². The summed E-state index contributed by atoms with van der Waals surface area (Å²) in [6.07, 6.45) is 2.11. The quantitative estimate of drug-likeness (QED) is 0.869. The van der Waals surface area contributed by atoms with Crippen LogP contribution < -0.4 is 5.32 Å². The second-order valence-corrected chi connectivity index (χ2v) is 4.21. The number of halogens is 1. The summed E-state index contributed by atoms with van der Waals surface area (Å²) < 4.78 is 18.4. The molecule has 2 rings (SSSR count). The van der Waals surface area contributed by atoms with Crippen LogP contribution in [-0.4, -0.2) is 19.3 Å². The molecule has 1 aromatic rings. The highest BCUT2D eigenvalue weighted by molar-refractivity contribution is 5.37. The normalized spacial score (nSPS) is 19.9. The highest BCUT2D eigenvalue weighted by atomic mass is 19.1. The van der Waals surface area contributed by atoms with E-state index in [4.69, 9.17) is 10.00 Å². The van der Waals surface area contributed by atoms with E-state index in [2.05, 4.69) is 11.4 Å². The zero-order valence-electron chi connectivity index (χ0n) is 9.58. The van der Waals surface area contributed by atoms with Crippen LogP contribution in [0.5, 0.6) is 0 Å². The number of ether oxygens (including phenoxy) is 1. The maximum Gasteiger partial charge on any atom is 0.123 e. The first kappa shape index (κ1) is 12.0. The van der Waals surface area contributed by atoms with E-state index in [1.807, 2.05) is 0 Å². The predicted octanol–water partition coefficient (Wildman–Crippen LogP) is 1.97. The highest BCUT2D eigenvalue weighted by Gasteiger charge is 2.13. The number of nitrogens with zero attached hydrogens (tertiary/aromatic N) is 1. The molecule has 17 heavy (non-hydrogen) atoms. The third-order valence-corrected chi connectivity index (χ3v) is 2.93. The summed E-state index contributed by atoms with van der Waals surface area (Å²) in [5, 5.41) is 12.2. The molecule has 1 aliphatic rings. The summed E-state index contributed by atoms with van der Waals surface area (Å²) in [5.41, 5.74) is 1.23. The lowest BCUT2D eigenvalue weighted by Crippen LogP contribution is -2.36. The molecule has 0 aliphatic carbocycles. The summed E-state index contributed by atoms with van der Waals surface area (Å²) in [4.78, 5) is 0. The minimum Gasteiger partial charge on any atom is -0.380 e. The van der Waals surface area contributed by atoms with Crippen molar-refractivity contribution in [3.63, 3.8) is 0 Å². The number of rotatable bonds is 3. The van der Waals surface area contributed by atoms with Crippen LogP contribution in [-0.2, 0) is 11.3 Å². The SMILES string of the molecule is N#Cc1ccc(F)cc1CNC1CCCOC1. The van der Waals surface area contributed by atoms with Gasteiger partial charge in [0.1, 0.15) is 5.82 Å². The minimum atomic E-state index is -0.305. The van der Waals surface area contributed by atoms with E-state index in [0.717, 1.165) is 19.4 Å². The molecule has 1 heterocycles. The van der Waals surface area contributed by atoms with E-state index in [1.165, 1.54) is 18.2 Å². The van der Waals surface area contributed by atoms with Gasteiger partial charge in [-0.1, -0.05) is 0 Å². The first-order valence-corrected chi connectivity index (χ1v) is 5.79. The first-order valence-electron chi connectivity index (χ1n) is 5.79. The number of hydrogen-bond acceptors (Lipinski definition) is 3. The second-order valence-electron chi connectivity index (χ2n) is 4.21. The van der Waals surface area contributed by atoms with Crippen molar-refractivity contribution in [3.05, 3.63) is 35.1 Å². The average molecular weight is 234 g/mol. The zero-order valence-corrected chi connectivity index (χ0v) is 9.58. The molecule has 0 amide bonds. The maximum absolute atomic E-state index is 13.1. The third kappa shape index (κ3) is 3.26. The maximum atomic E-state index is 13.1. The topological polar surface area (TPSA) is 45.0 Å². The molecule has 1 aromatic carbocycles. The average Bonchev–Trinajstić information content (AvgIpc) is 2.38. The molecule has 1 N–H and O–H groups in total. The fourth-order valence-corrected chi connectivity index (χ4v) is 1.97. The van der Waals surface area contributed by atoms with Crippen molar-refractivity contribution in [2.24, 2.45) is 0 Å². The van der Waals surface area contributed by atoms with Crippen molar-refractivity contribution >= 4 is 0 Å². The zero-order chi connectivity index (χ0) is 12.1. The fourth-order valence-electron chi connectivity index (χ4n) is 1.97.